The van der Waals surface area contributed by atoms with Crippen LogP contribution in [0.4, 0.5) is 10.1 Å². The number of nitrogens with one attached hydrogen (secondary N) is 2. The number of fused-ring (bicyclic) bond motifs is 1. The van der Waals surface area contributed by atoms with Crippen LogP contribution in [-0.4, -0.2) is 18.2 Å². The highest BCUT2D eigenvalue weighted by Crippen LogP contribution is 2.24. The van der Waals surface area contributed by atoms with E-state index in [0.29, 0.717) is 23.4 Å². The van der Waals surface area contributed by atoms with Gasteiger partial charge < -0.3 is 10.6 Å². The van der Waals surface area contributed by atoms with Gasteiger partial charge in [-0.3, -0.25) is 9.59 Å². The maximum atomic E-state index is 14.4. The van der Waals surface area contributed by atoms with Gasteiger partial charge in [-0.2, -0.15) is 0 Å². The van der Waals surface area contributed by atoms with Crippen molar-refractivity contribution >= 4 is 41.1 Å². The summed E-state index contributed by atoms with van der Waals surface area (Å²) in [6.45, 7) is 1.38. The fraction of sp³-hybridized carbons (Fsp3) is 0.294. The van der Waals surface area contributed by atoms with Crippen molar-refractivity contribution in [1.29, 1.82) is 0 Å². The first-order chi connectivity index (χ1) is 11.1. The topological polar surface area (TPSA) is 58.2 Å². The Morgan fingerprint density at radius 2 is 2.08 bits per heavy atom. The predicted octanol–water partition coefficient (Wildman–Crippen LogP) is 3.56. The highest BCUT2D eigenvalue weighted by molar-refractivity contribution is 7.12. The summed E-state index contributed by atoms with van der Waals surface area (Å²) in [4.78, 5) is 24.5. The summed E-state index contributed by atoms with van der Waals surface area (Å²) < 4.78 is 14.4. The summed E-state index contributed by atoms with van der Waals surface area (Å²) in [7, 11) is 0. The number of amides is 1. The normalized spacial score (nSPS) is 12.9. The number of carbonyl (C=O) groups excluding carboxylic acids is 2. The van der Waals surface area contributed by atoms with Crippen molar-refractivity contribution in [3.8, 4) is 0 Å². The first kappa shape index (κ1) is 18.6. The van der Waals surface area contributed by atoms with E-state index in [1.165, 1.54) is 11.3 Å². The summed E-state index contributed by atoms with van der Waals surface area (Å²) >= 11 is 1.36. The molecule has 0 fully saturated rings. The minimum Gasteiger partial charge on any atom is -0.324 e. The average molecular weight is 369 g/mol. The smallest absolute Gasteiger partial charge is 0.224 e. The first-order valence-electron chi connectivity index (χ1n) is 7.52. The standard InChI is InChI=1S/C17H17FN2O2S.ClH/c18-17-12-7-8-19-10-11(12)3-4-13(17)20-16(22)6-5-14(21)15-2-1-9-23-15;/h1-4,9,19H,5-8,10H2,(H,20,22);1H. The quantitative estimate of drug-likeness (QED) is 0.793. The van der Waals surface area contributed by atoms with Crippen molar-refractivity contribution in [2.75, 3.05) is 11.9 Å². The number of hydrogen-bond acceptors (Lipinski definition) is 4. The Balaban J connectivity index is 0.00000208. The number of Topliss-reactive ketones (excluding diaryl/α,β-unsaturated/α-hetero) is 1. The molecule has 0 saturated heterocycles. The Hall–Kier alpha value is -1.76. The van der Waals surface area contributed by atoms with Gasteiger partial charge in [-0.25, -0.2) is 4.39 Å². The Morgan fingerprint density at radius 3 is 2.83 bits per heavy atom. The molecule has 24 heavy (non-hydrogen) atoms. The van der Waals surface area contributed by atoms with Crippen LogP contribution in [0.2, 0.25) is 0 Å². The van der Waals surface area contributed by atoms with Crippen molar-refractivity contribution in [3.63, 3.8) is 0 Å². The van der Waals surface area contributed by atoms with Gasteiger partial charge in [0.15, 0.2) is 5.78 Å². The summed E-state index contributed by atoms with van der Waals surface area (Å²) in [6, 6.07) is 6.95. The molecule has 3 rings (SSSR count). The van der Waals surface area contributed by atoms with Crippen LogP contribution in [-0.2, 0) is 17.8 Å². The number of anilines is 1. The SMILES string of the molecule is Cl.O=C(CCC(=O)c1cccs1)Nc1ccc2c(c1F)CCNC2. The second-order valence-electron chi connectivity index (χ2n) is 5.44. The molecule has 0 radical (unpaired) electrons. The lowest BCUT2D eigenvalue weighted by molar-refractivity contribution is -0.116. The van der Waals surface area contributed by atoms with E-state index in [4.69, 9.17) is 0 Å². The molecule has 7 heteroatoms. The van der Waals surface area contributed by atoms with Crippen LogP contribution in [0, 0.1) is 5.82 Å². The predicted molar refractivity (Wildman–Crippen MR) is 95.6 cm³/mol. The van der Waals surface area contributed by atoms with Crippen LogP contribution in [0.5, 0.6) is 0 Å². The molecular weight excluding hydrogens is 351 g/mol. The van der Waals surface area contributed by atoms with E-state index < -0.39 is 0 Å². The lowest BCUT2D eigenvalue weighted by Crippen LogP contribution is -2.25. The highest BCUT2D eigenvalue weighted by atomic mass is 35.5. The molecule has 2 aromatic rings. The Kier molecular flexibility index (Phi) is 6.48. The lowest BCUT2D eigenvalue weighted by Gasteiger charge is -2.19. The minimum atomic E-state index is -0.359. The van der Waals surface area contributed by atoms with Gasteiger partial charge in [-0.1, -0.05) is 12.1 Å². The zero-order valence-electron chi connectivity index (χ0n) is 12.9. The molecule has 4 nitrogen and oxygen atoms in total. The molecule has 2 N–H and O–H groups in total. The third-order valence-electron chi connectivity index (χ3n) is 3.86. The van der Waals surface area contributed by atoms with Gasteiger partial charge in [0.2, 0.25) is 5.91 Å². The van der Waals surface area contributed by atoms with E-state index in [9.17, 15) is 14.0 Å². The Bertz CT molecular complexity index is 734. The molecule has 1 aliphatic rings. The summed E-state index contributed by atoms with van der Waals surface area (Å²) in [6.07, 6.45) is 0.791. The fourth-order valence-corrected chi connectivity index (χ4v) is 3.32. The van der Waals surface area contributed by atoms with Crippen LogP contribution < -0.4 is 10.6 Å². The molecule has 0 saturated carbocycles. The van der Waals surface area contributed by atoms with E-state index in [1.54, 1.807) is 18.2 Å². The summed E-state index contributed by atoms with van der Waals surface area (Å²) in [5.74, 6) is -0.767. The molecule has 1 aromatic heterocycles. The Labute approximate surface area is 149 Å². The van der Waals surface area contributed by atoms with E-state index in [0.717, 1.165) is 12.1 Å². The van der Waals surface area contributed by atoms with Gasteiger partial charge in [0.05, 0.1) is 10.6 Å². The molecule has 2 heterocycles. The number of ketones is 1. The van der Waals surface area contributed by atoms with Gasteiger partial charge in [0.1, 0.15) is 5.82 Å². The van der Waals surface area contributed by atoms with Crippen molar-refractivity contribution in [2.45, 2.75) is 25.8 Å². The third kappa shape index (κ3) is 4.20. The van der Waals surface area contributed by atoms with E-state index in [-0.39, 0.29) is 48.4 Å². The van der Waals surface area contributed by atoms with Gasteiger partial charge in [-0.15, -0.1) is 23.7 Å². The van der Waals surface area contributed by atoms with Crippen molar-refractivity contribution in [3.05, 3.63) is 51.5 Å². The van der Waals surface area contributed by atoms with Crippen LogP contribution in [0.1, 0.15) is 33.6 Å². The maximum Gasteiger partial charge on any atom is 0.224 e. The molecule has 1 amide bonds. The zero-order chi connectivity index (χ0) is 16.2. The summed E-state index contributed by atoms with van der Waals surface area (Å²) in [5, 5.41) is 7.59. The maximum absolute atomic E-state index is 14.4. The fourth-order valence-electron chi connectivity index (χ4n) is 2.63. The molecule has 1 aromatic carbocycles. The highest BCUT2D eigenvalue weighted by Gasteiger charge is 2.18. The zero-order valence-corrected chi connectivity index (χ0v) is 14.6. The third-order valence-corrected chi connectivity index (χ3v) is 4.77. The average Bonchev–Trinajstić information content (AvgIpc) is 3.10. The molecule has 0 atom stereocenters. The van der Waals surface area contributed by atoms with Crippen molar-refractivity contribution in [2.24, 2.45) is 0 Å². The van der Waals surface area contributed by atoms with Crippen LogP contribution in [0.25, 0.3) is 0 Å². The minimum absolute atomic E-state index is 0. The van der Waals surface area contributed by atoms with Crippen molar-refractivity contribution < 1.29 is 14.0 Å². The molecule has 1 aliphatic heterocycles. The number of carbonyl (C=O) groups is 2. The van der Waals surface area contributed by atoms with E-state index in [1.807, 2.05) is 11.4 Å². The van der Waals surface area contributed by atoms with Gasteiger partial charge in [-0.05, 0) is 41.6 Å². The number of halogens is 2. The molecule has 0 aliphatic carbocycles. The van der Waals surface area contributed by atoms with Crippen LogP contribution in [0.3, 0.4) is 0 Å². The van der Waals surface area contributed by atoms with Crippen LogP contribution >= 0.6 is 23.7 Å². The molecule has 0 unspecified atom stereocenters. The Morgan fingerprint density at radius 1 is 1.25 bits per heavy atom. The number of benzene rings is 1. The number of rotatable bonds is 5. The van der Waals surface area contributed by atoms with Gasteiger partial charge >= 0.3 is 0 Å². The van der Waals surface area contributed by atoms with Crippen LogP contribution in [0.15, 0.2) is 29.6 Å². The second kappa shape index (κ2) is 8.37. The molecule has 0 spiro atoms. The largest absolute Gasteiger partial charge is 0.324 e. The second-order valence-corrected chi connectivity index (χ2v) is 6.39. The number of thiophene rings is 1. The van der Waals surface area contributed by atoms with Crippen molar-refractivity contribution in [1.82, 2.24) is 5.32 Å². The van der Waals surface area contributed by atoms with Gasteiger partial charge in [0, 0.05) is 19.4 Å². The molecule has 0 bridgehead atoms. The lowest BCUT2D eigenvalue weighted by atomic mass is 9.99. The molecule has 128 valence electrons. The monoisotopic (exact) mass is 368 g/mol. The van der Waals surface area contributed by atoms with E-state index in [2.05, 4.69) is 10.6 Å². The number of hydrogen-bond donors (Lipinski definition) is 2. The van der Waals surface area contributed by atoms with Gasteiger partial charge in [0.25, 0.3) is 0 Å². The summed E-state index contributed by atoms with van der Waals surface area (Å²) in [5.41, 5.74) is 1.79. The van der Waals surface area contributed by atoms with E-state index >= 15 is 0 Å². The first-order valence-corrected chi connectivity index (χ1v) is 8.40. The molecular formula is C17H18ClFN2O2S.